The maximum atomic E-state index is 11.0. The van der Waals surface area contributed by atoms with Crippen LogP contribution in [0.25, 0.3) is 22.6 Å². The number of imidazole rings is 1. The molecule has 3 aromatic rings. The van der Waals surface area contributed by atoms with Gasteiger partial charge in [0.1, 0.15) is 12.2 Å². The minimum absolute atomic E-state index is 0.0948. The van der Waals surface area contributed by atoms with E-state index in [1.54, 1.807) is 6.07 Å². The number of hydrogen-bond donors (Lipinski definition) is 3. The zero-order chi connectivity index (χ0) is 19.7. The van der Waals surface area contributed by atoms with Gasteiger partial charge in [-0.25, -0.2) is 20.1 Å². The van der Waals surface area contributed by atoms with Crippen LogP contribution in [0.3, 0.4) is 0 Å². The topological polar surface area (TPSA) is 136 Å². The van der Waals surface area contributed by atoms with Crippen LogP contribution in [0.1, 0.15) is 19.3 Å². The van der Waals surface area contributed by atoms with E-state index in [0.717, 1.165) is 24.8 Å². The predicted octanol–water partition coefficient (Wildman–Crippen LogP) is 2.47. The molecule has 2 aromatic heterocycles. The number of aromatic nitrogens is 4. The third kappa shape index (κ3) is 4.41. The normalized spacial score (nSPS) is 19.9. The smallest absolute Gasteiger partial charge is 0.333 e. The van der Waals surface area contributed by atoms with Crippen molar-refractivity contribution in [3.8, 4) is 11.4 Å². The van der Waals surface area contributed by atoms with Crippen LogP contribution in [0.15, 0.2) is 30.6 Å². The minimum atomic E-state index is -3.91. The zero-order valence-corrected chi connectivity index (χ0v) is 16.4. The first-order valence-electron chi connectivity index (χ1n) is 8.78. The molecule has 148 valence electrons. The van der Waals surface area contributed by atoms with E-state index in [9.17, 15) is 8.42 Å². The Kier molecular flexibility index (Phi) is 5.19. The summed E-state index contributed by atoms with van der Waals surface area (Å²) >= 11 is 6.07. The highest BCUT2D eigenvalue weighted by atomic mass is 35.5. The largest absolute Gasteiger partial charge is 0.365 e. The molecule has 0 unspecified atom stereocenters. The number of H-pyrrole nitrogens is 1. The van der Waals surface area contributed by atoms with Gasteiger partial charge in [-0.1, -0.05) is 23.7 Å². The van der Waals surface area contributed by atoms with Gasteiger partial charge in [-0.3, -0.25) is 4.18 Å². The van der Waals surface area contributed by atoms with Crippen molar-refractivity contribution in [3.63, 3.8) is 0 Å². The Morgan fingerprint density at radius 2 is 2.18 bits per heavy atom. The standard InChI is InChI=1S/C17H19ClN6O3S/c18-12-3-1-2-11(7-12)15-23-14-16(20-9-21-17(14)24-15)22-13-5-4-10(6-13)8-27-28(19,25)26/h1-3,7,9-10,13H,4-6,8H2,(H2,19,25,26)(H2,20,21,22,23,24)/t10-,13-/m0/s1. The third-order valence-corrected chi connectivity index (χ3v) is 5.43. The Labute approximate surface area is 166 Å². The molecule has 28 heavy (non-hydrogen) atoms. The third-order valence-electron chi connectivity index (χ3n) is 4.73. The average molecular weight is 423 g/mol. The van der Waals surface area contributed by atoms with Crippen molar-refractivity contribution in [2.45, 2.75) is 25.3 Å². The van der Waals surface area contributed by atoms with E-state index in [2.05, 4.69) is 25.3 Å². The summed E-state index contributed by atoms with van der Waals surface area (Å²) in [4.78, 5) is 16.4. The van der Waals surface area contributed by atoms with Gasteiger partial charge in [-0.05, 0) is 37.3 Å². The summed E-state index contributed by atoms with van der Waals surface area (Å²) in [5.74, 6) is 1.41. The number of halogens is 1. The SMILES string of the molecule is NS(=O)(=O)OC[C@H]1CC[C@H](Nc2ncnc3[nH]c(-c4cccc(Cl)c4)nc23)C1. The summed E-state index contributed by atoms with van der Waals surface area (Å²) < 4.78 is 26.6. The molecule has 2 heterocycles. The summed E-state index contributed by atoms with van der Waals surface area (Å²) in [6.07, 6.45) is 3.94. The molecule has 4 N–H and O–H groups in total. The number of nitrogens with one attached hydrogen (secondary N) is 2. The van der Waals surface area contributed by atoms with Gasteiger partial charge in [0.05, 0.1) is 6.61 Å². The first-order chi connectivity index (χ1) is 13.4. The van der Waals surface area contributed by atoms with Gasteiger partial charge < -0.3 is 10.3 Å². The van der Waals surface area contributed by atoms with Crippen molar-refractivity contribution in [2.24, 2.45) is 11.1 Å². The van der Waals surface area contributed by atoms with Gasteiger partial charge in [0, 0.05) is 16.6 Å². The van der Waals surface area contributed by atoms with Crippen molar-refractivity contribution in [1.29, 1.82) is 0 Å². The molecule has 1 aromatic carbocycles. The van der Waals surface area contributed by atoms with Crippen molar-refractivity contribution < 1.29 is 12.6 Å². The summed E-state index contributed by atoms with van der Waals surface area (Å²) in [5.41, 5.74) is 2.12. The van der Waals surface area contributed by atoms with Crippen LogP contribution in [-0.4, -0.2) is 41.0 Å². The Morgan fingerprint density at radius 1 is 1.32 bits per heavy atom. The fourth-order valence-electron chi connectivity index (χ4n) is 3.45. The number of anilines is 1. The molecule has 1 aliphatic rings. The van der Waals surface area contributed by atoms with Crippen molar-refractivity contribution in [1.82, 2.24) is 19.9 Å². The molecule has 0 spiro atoms. The van der Waals surface area contributed by atoms with Crippen molar-refractivity contribution in [3.05, 3.63) is 35.6 Å². The number of benzene rings is 1. The highest BCUT2D eigenvalue weighted by Gasteiger charge is 2.27. The molecule has 0 amide bonds. The second-order valence-corrected chi connectivity index (χ2v) is 8.47. The number of nitrogens with two attached hydrogens (primary N) is 1. The number of fused-ring (bicyclic) bond motifs is 1. The summed E-state index contributed by atoms with van der Waals surface area (Å²) in [5, 5.41) is 8.91. The van der Waals surface area contributed by atoms with Crippen LogP contribution in [-0.2, 0) is 14.5 Å². The molecule has 1 fully saturated rings. The van der Waals surface area contributed by atoms with E-state index in [0.29, 0.717) is 27.8 Å². The number of rotatable bonds is 6. The van der Waals surface area contributed by atoms with Crippen molar-refractivity contribution in [2.75, 3.05) is 11.9 Å². The molecule has 2 atom stereocenters. The van der Waals surface area contributed by atoms with Crippen LogP contribution >= 0.6 is 11.6 Å². The fourth-order valence-corrected chi connectivity index (χ4v) is 4.02. The molecule has 1 saturated carbocycles. The summed E-state index contributed by atoms with van der Waals surface area (Å²) in [6.45, 7) is 0.0948. The van der Waals surface area contributed by atoms with E-state index in [1.165, 1.54) is 6.33 Å². The average Bonchev–Trinajstić information content (AvgIpc) is 3.27. The van der Waals surface area contributed by atoms with E-state index in [-0.39, 0.29) is 18.6 Å². The first kappa shape index (κ1) is 19.1. The number of aromatic amines is 1. The Hall–Kier alpha value is -2.27. The number of hydrogen-bond acceptors (Lipinski definition) is 7. The van der Waals surface area contributed by atoms with Crippen LogP contribution in [0.4, 0.5) is 5.82 Å². The van der Waals surface area contributed by atoms with Gasteiger partial charge in [0.2, 0.25) is 0 Å². The Balaban J connectivity index is 1.50. The number of nitrogens with zero attached hydrogens (tertiary/aromatic N) is 3. The van der Waals surface area contributed by atoms with Gasteiger partial charge >= 0.3 is 10.3 Å². The molecule has 0 aliphatic heterocycles. The van der Waals surface area contributed by atoms with E-state index in [1.807, 2.05) is 18.2 Å². The quantitative estimate of drug-likeness (QED) is 0.555. The lowest BCUT2D eigenvalue weighted by molar-refractivity contribution is 0.256. The predicted molar refractivity (Wildman–Crippen MR) is 106 cm³/mol. The lowest BCUT2D eigenvalue weighted by Crippen LogP contribution is -2.21. The Morgan fingerprint density at radius 3 is 2.96 bits per heavy atom. The highest BCUT2D eigenvalue weighted by molar-refractivity contribution is 7.84. The second-order valence-electron chi connectivity index (χ2n) is 6.81. The van der Waals surface area contributed by atoms with Crippen LogP contribution in [0.2, 0.25) is 5.02 Å². The molecular formula is C17H19ClN6O3S. The molecule has 0 bridgehead atoms. The molecule has 0 radical (unpaired) electrons. The summed E-state index contributed by atoms with van der Waals surface area (Å²) in [7, 11) is -3.91. The fraction of sp³-hybridized carbons (Fsp3) is 0.353. The lowest BCUT2D eigenvalue weighted by atomic mass is 10.1. The minimum Gasteiger partial charge on any atom is -0.365 e. The van der Waals surface area contributed by atoms with Crippen LogP contribution in [0, 0.1) is 5.92 Å². The lowest BCUT2D eigenvalue weighted by Gasteiger charge is -2.13. The van der Waals surface area contributed by atoms with E-state index in [4.69, 9.17) is 20.9 Å². The highest BCUT2D eigenvalue weighted by Crippen LogP contribution is 2.30. The molecule has 4 rings (SSSR count). The molecule has 1 aliphatic carbocycles. The van der Waals surface area contributed by atoms with Gasteiger partial charge in [0.15, 0.2) is 17.0 Å². The molecule has 11 heteroatoms. The zero-order valence-electron chi connectivity index (χ0n) is 14.8. The monoisotopic (exact) mass is 422 g/mol. The molecular weight excluding hydrogens is 404 g/mol. The molecule has 0 saturated heterocycles. The van der Waals surface area contributed by atoms with Crippen LogP contribution < -0.4 is 10.5 Å². The maximum absolute atomic E-state index is 11.0. The summed E-state index contributed by atoms with van der Waals surface area (Å²) in [6, 6.07) is 7.54. The van der Waals surface area contributed by atoms with Crippen molar-refractivity contribution >= 4 is 38.9 Å². The van der Waals surface area contributed by atoms with Gasteiger partial charge in [0.25, 0.3) is 0 Å². The second kappa shape index (κ2) is 7.63. The van der Waals surface area contributed by atoms with E-state index < -0.39 is 10.3 Å². The molecule has 9 nitrogen and oxygen atoms in total. The maximum Gasteiger partial charge on any atom is 0.333 e. The Bertz CT molecular complexity index is 1100. The van der Waals surface area contributed by atoms with Gasteiger partial charge in [-0.15, -0.1) is 0 Å². The van der Waals surface area contributed by atoms with Crippen LogP contribution in [0.5, 0.6) is 0 Å². The van der Waals surface area contributed by atoms with Gasteiger partial charge in [-0.2, -0.15) is 8.42 Å². The van der Waals surface area contributed by atoms with E-state index >= 15 is 0 Å². The first-order valence-corrected chi connectivity index (χ1v) is 10.6.